The van der Waals surface area contributed by atoms with E-state index in [-0.39, 0.29) is 18.9 Å². The lowest BCUT2D eigenvalue weighted by molar-refractivity contribution is -0.129. The molecule has 0 aliphatic carbocycles. The maximum Gasteiger partial charge on any atom is 0.262 e. The molecule has 10 nitrogen and oxygen atoms in total. The van der Waals surface area contributed by atoms with Crippen molar-refractivity contribution in [2.45, 2.75) is 19.8 Å². The molecular weight excluding hydrogens is 500 g/mol. The Labute approximate surface area is 227 Å². The first-order valence-electron chi connectivity index (χ1n) is 12.2. The molecule has 0 unspecified atom stereocenters. The number of carbonyl (C=O) groups excluding carboxylic acids is 3. The molecule has 0 aromatic heterocycles. The molecule has 0 aliphatic heterocycles. The van der Waals surface area contributed by atoms with Crippen molar-refractivity contribution in [1.29, 1.82) is 0 Å². The Morgan fingerprint density at radius 2 is 1.56 bits per heavy atom. The summed E-state index contributed by atoms with van der Waals surface area (Å²) in [4.78, 5) is 36.1. The third-order valence-electron chi connectivity index (χ3n) is 5.49. The molecule has 0 heterocycles. The Balaban J connectivity index is 1.34. The number of hydrogen-bond acceptors (Lipinski definition) is 7. The Kier molecular flexibility index (Phi) is 10.9. The van der Waals surface area contributed by atoms with Crippen molar-refractivity contribution in [1.82, 2.24) is 10.7 Å². The van der Waals surface area contributed by atoms with Gasteiger partial charge in [0.1, 0.15) is 12.2 Å². The lowest BCUT2D eigenvalue weighted by atomic mass is 10.1. The predicted octanol–water partition coefficient (Wildman–Crippen LogP) is 3.23. The summed E-state index contributed by atoms with van der Waals surface area (Å²) in [7, 11) is 3.13. The molecule has 0 aliphatic rings. The maximum atomic E-state index is 12.1. The molecule has 3 aromatic rings. The van der Waals surface area contributed by atoms with Gasteiger partial charge in [0.2, 0.25) is 11.8 Å². The summed E-state index contributed by atoms with van der Waals surface area (Å²) in [6.45, 7) is 2.21. The SMILES string of the molecule is COc1ccc(CCNC(=O)CC(=O)N/N=C/c2ccc(OCC(=O)Nc3ccc(C)cc3)cc2)cc1OC. The van der Waals surface area contributed by atoms with Gasteiger partial charge in [-0.2, -0.15) is 5.10 Å². The predicted molar refractivity (Wildman–Crippen MR) is 148 cm³/mol. The van der Waals surface area contributed by atoms with Crippen LogP contribution < -0.4 is 30.3 Å². The molecular formula is C29H32N4O6. The fourth-order valence-electron chi connectivity index (χ4n) is 3.44. The zero-order valence-corrected chi connectivity index (χ0v) is 22.2. The third kappa shape index (κ3) is 9.84. The average Bonchev–Trinajstić information content (AvgIpc) is 2.93. The molecule has 0 saturated carbocycles. The van der Waals surface area contributed by atoms with Gasteiger partial charge >= 0.3 is 0 Å². The summed E-state index contributed by atoms with van der Waals surface area (Å²) >= 11 is 0. The second-order valence-corrected chi connectivity index (χ2v) is 8.53. The van der Waals surface area contributed by atoms with Crippen molar-refractivity contribution in [3.8, 4) is 17.2 Å². The quantitative estimate of drug-likeness (QED) is 0.176. The minimum Gasteiger partial charge on any atom is -0.493 e. The zero-order valence-electron chi connectivity index (χ0n) is 22.2. The highest BCUT2D eigenvalue weighted by molar-refractivity contribution is 5.97. The monoisotopic (exact) mass is 532 g/mol. The minimum absolute atomic E-state index is 0.131. The highest BCUT2D eigenvalue weighted by Gasteiger charge is 2.09. The van der Waals surface area contributed by atoms with Crippen molar-refractivity contribution in [3.05, 3.63) is 83.4 Å². The second-order valence-electron chi connectivity index (χ2n) is 8.53. The smallest absolute Gasteiger partial charge is 0.262 e. The van der Waals surface area contributed by atoms with Crippen molar-refractivity contribution in [3.63, 3.8) is 0 Å². The van der Waals surface area contributed by atoms with Gasteiger partial charge in [-0.1, -0.05) is 23.8 Å². The highest BCUT2D eigenvalue weighted by Crippen LogP contribution is 2.27. The van der Waals surface area contributed by atoms with Gasteiger partial charge < -0.3 is 24.8 Å². The van der Waals surface area contributed by atoms with E-state index in [0.717, 1.165) is 11.1 Å². The fraction of sp³-hybridized carbons (Fsp3) is 0.241. The van der Waals surface area contributed by atoms with Crippen LogP contribution in [-0.4, -0.2) is 51.3 Å². The number of anilines is 1. The summed E-state index contributed by atoms with van der Waals surface area (Å²) in [5.41, 5.74) is 5.81. The molecule has 0 radical (unpaired) electrons. The molecule has 3 aromatic carbocycles. The third-order valence-corrected chi connectivity index (χ3v) is 5.49. The number of carbonyl (C=O) groups is 3. The molecule has 3 amide bonds. The lowest BCUT2D eigenvalue weighted by Crippen LogP contribution is -2.31. The number of nitrogens with zero attached hydrogens (tertiary/aromatic N) is 1. The summed E-state index contributed by atoms with van der Waals surface area (Å²) in [6, 6.07) is 19.8. The van der Waals surface area contributed by atoms with Gasteiger partial charge in [-0.05, 0) is 73.0 Å². The van der Waals surface area contributed by atoms with Crippen LogP contribution in [-0.2, 0) is 20.8 Å². The van der Waals surface area contributed by atoms with E-state index < -0.39 is 11.8 Å². The topological polar surface area (TPSA) is 127 Å². The first-order chi connectivity index (χ1) is 18.9. The summed E-state index contributed by atoms with van der Waals surface area (Å²) in [5, 5.41) is 9.36. The van der Waals surface area contributed by atoms with Crippen LogP contribution in [0.25, 0.3) is 0 Å². The number of aryl methyl sites for hydroxylation is 1. The molecule has 10 heteroatoms. The van der Waals surface area contributed by atoms with E-state index in [9.17, 15) is 14.4 Å². The number of hydrogen-bond donors (Lipinski definition) is 3. The van der Waals surface area contributed by atoms with Gasteiger partial charge in [-0.25, -0.2) is 5.43 Å². The number of benzene rings is 3. The Morgan fingerprint density at radius 3 is 2.26 bits per heavy atom. The number of methoxy groups -OCH3 is 2. The lowest BCUT2D eigenvalue weighted by Gasteiger charge is -2.10. The number of nitrogens with one attached hydrogen (secondary N) is 3. The van der Waals surface area contributed by atoms with Gasteiger partial charge in [-0.3, -0.25) is 14.4 Å². The van der Waals surface area contributed by atoms with Crippen molar-refractivity contribution < 1.29 is 28.6 Å². The molecule has 0 fully saturated rings. The number of rotatable bonds is 13. The van der Waals surface area contributed by atoms with Gasteiger partial charge in [-0.15, -0.1) is 0 Å². The van der Waals surface area contributed by atoms with Gasteiger partial charge in [0.05, 0.1) is 20.4 Å². The van der Waals surface area contributed by atoms with Crippen molar-refractivity contribution in [2.24, 2.45) is 5.10 Å². The van der Waals surface area contributed by atoms with Gasteiger partial charge in [0.25, 0.3) is 5.91 Å². The molecule has 0 atom stereocenters. The molecule has 3 N–H and O–H groups in total. The molecule has 39 heavy (non-hydrogen) atoms. The van der Waals surface area contributed by atoms with E-state index in [1.54, 1.807) is 44.6 Å². The van der Waals surface area contributed by atoms with E-state index in [0.29, 0.717) is 41.5 Å². The molecule has 0 saturated heterocycles. The van der Waals surface area contributed by atoms with E-state index >= 15 is 0 Å². The second kappa shape index (κ2) is 14.8. The molecule has 0 bridgehead atoms. The number of hydrazone groups is 1. The number of amides is 3. The minimum atomic E-state index is -0.533. The highest BCUT2D eigenvalue weighted by atomic mass is 16.5. The van der Waals surface area contributed by atoms with Crippen LogP contribution >= 0.6 is 0 Å². The zero-order chi connectivity index (χ0) is 28.0. The standard InChI is InChI=1S/C29H32N4O6/c1-20-4-9-23(10-5-20)32-29(36)19-39-24-11-6-22(7-12-24)18-31-33-28(35)17-27(34)30-15-14-21-8-13-25(37-2)26(16-21)38-3/h4-13,16,18H,14-15,17,19H2,1-3H3,(H,30,34)(H,32,36)(H,33,35)/b31-18+. The molecule has 204 valence electrons. The van der Waals surface area contributed by atoms with Gasteiger partial charge in [0, 0.05) is 12.2 Å². The maximum absolute atomic E-state index is 12.1. The molecule has 3 rings (SSSR count). The van der Waals surface area contributed by atoms with Crippen LogP contribution in [0.2, 0.25) is 0 Å². The Morgan fingerprint density at radius 1 is 0.846 bits per heavy atom. The first-order valence-corrected chi connectivity index (χ1v) is 12.2. The van der Waals surface area contributed by atoms with Crippen LogP contribution in [0.4, 0.5) is 5.69 Å². The van der Waals surface area contributed by atoms with Crippen LogP contribution in [0, 0.1) is 6.92 Å². The van der Waals surface area contributed by atoms with Gasteiger partial charge in [0.15, 0.2) is 18.1 Å². The Hall–Kier alpha value is -4.86. The van der Waals surface area contributed by atoms with Crippen LogP contribution in [0.1, 0.15) is 23.1 Å². The fourth-order valence-corrected chi connectivity index (χ4v) is 3.44. The van der Waals surface area contributed by atoms with E-state index in [4.69, 9.17) is 14.2 Å². The van der Waals surface area contributed by atoms with E-state index in [1.807, 2.05) is 43.3 Å². The average molecular weight is 533 g/mol. The molecule has 0 spiro atoms. The van der Waals surface area contributed by atoms with Crippen LogP contribution in [0.15, 0.2) is 71.8 Å². The van der Waals surface area contributed by atoms with Crippen LogP contribution in [0.5, 0.6) is 17.2 Å². The largest absolute Gasteiger partial charge is 0.493 e. The van der Waals surface area contributed by atoms with E-state index in [1.165, 1.54) is 6.21 Å². The van der Waals surface area contributed by atoms with Crippen LogP contribution in [0.3, 0.4) is 0 Å². The van der Waals surface area contributed by atoms with Crippen molar-refractivity contribution in [2.75, 3.05) is 32.7 Å². The van der Waals surface area contributed by atoms with E-state index in [2.05, 4.69) is 21.2 Å². The number of ether oxygens (including phenoxy) is 3. The summed E-state index contributed by atoms with van der Waals surface area (Å²) in [5.74, 6) is 0.551. The first kappa shape index (κ1) is 28.7. The van der Waals surface area contributed by atoms with Crippen molar-refractivity contribution >= 4 is 29.6 Å². The normalized spacial score (nSPS) is 10.5. The summed E-state index contributed by atoms with van der Waals surface area (Å²) < 4.78 is 16.0. The Bertz CT molecular complexity index is 1290. The summed E-state index contributed by atoms with van der Waals surface area (Å²) in [6.07, 6.45) is 1.67.